The Morgan fingerprint density at radius 2 is 2.15 bits per heavy atom. The zero-order valence-corrected chi connectivity index (χ0v) is 13.5. The molecule has 0 N–H and O–H groups in total. The minimum absolute atomic E-state index is 0.0826. The molecule has 0 saturated carbocycles. The molecule has 1 atom stereocenters. The zero-order chi connectivity index (χ0) is 15.1. The molecule has 0 bridgehead atoms. The Morgan fingerprint density at radius 1 is 1.50 bits per heavy atom. The molecule has 1 aromatic rings. The average Bonchev–Trinajstić information content (AvgIpc) is 2.61. The number of anilines is 1. The maximum atomic E-state index is 11.9. The van der Waals surface area contributed by atoms with Crippen molar-refractivity contribution in [3.63, 3.8) is 0 Å². The van der Waals surface area contributed by atoms with E-state index >= 15 is 0 Å². The van der Waals surface area contributed by atoms with E-state index in [2.05, 4.69) is 30.7 Å². The third kappa shape index (κ3) is 2.90. The van der Waals surface area contributed by atoms with Crippen LogP contribution >= 0.6 is 11.6 Å². The van der Waals surface area contributed by atoms with Gasteiger partial charge in [-0.25, -0.2) is 4.98 Å². The van der Waals surface area contributed by atoms with Crippen molar-refractivity contribution < 1.29 is 4.79 Å². The van der Waals surface area contributed by atoms with E-state index < -0.39 is 0 Å². The number of nitrogens with zero attached hydrogens (tertiary/aromatic N) is 3. The highest BCUT2D eigenvalue weighted by molar-refractivity contribution is 6.33. The zero-order valence-electron chi connectivity index (χ0n) is 12.8. The van der Waals surface area contributed by atoms with E-state index in [1.165, 1.54) is 4.90 Å². The lowest BCUT2D eigenvalue weighted by Gasteiger charge is -2.24. The molecule has 4 nitrogen and oxygen atoms in total. The standard InChI is InChI=1S/C15H22ClN3O/c1-10-7-15(2,3)9-19(10)13-12(16)6-11(8-17-13)14(20)18(4)5/h6,8,10H,7,9H2,1-5H3. The van der Waals surface area contributed by atoms with Crippen LogP contribution in [0.15, 0.2) is 12.3 Å². The maximum Gasteiger partial charge on any atom is 0.254 e. The summed E-state index contributed by atoms with van der Waals surface area (Å²) in [4.78, 5) is 20.1. The number of carbonyl (C=O) groups excluding carboxylic acids is 1. The van der Waals surface area contributed by atoms with Crippen molar-refractivity contribution in [2.45, 2.75) is 33.2 Å². The lowest BCUT2D eigenvalue weighted by atomic mass is 9.91. The summed E-state index contributed by atoms with van der Waals surface area (Å²) in [5.41, 5.74) is 0.789. The average molecular weight is 296 g/mol. The molecule has 1 fully saturated rings. The number of pyridine rings is 1. The second kappa shape index (κ2) is 5.24. The molecule has 1 unspecified atom stereocenters. The van der Waals surface area contributed by atoms with E-state index in [0.717, 1.165) is 18.8 Å². The second-order valence-corrected chi connectivity index (χ2v) is 6.98. The number of carbonyl (C=O) groups is 1. The van der Waals surface area contributed by atoms with Gasteiger partial charge in [0.25, 0.3) is 5.91 Å². The summed E-state index contributed by atoms with van der Waals surface area (Å²) in [7, 11) is 3.43. The quantitative estimate of drug-likeness (QED) is 0.841. The van der Waals surface area contributed by atoms with E-state index in [1.807, 2.05) is 0 Å². The van der Waals surface area contributed by atoms with Gasteiger partial charge >= 0.3 is 0 Å². The van der Waals surface area contributed by atoms with E-state index in [-0.39, 0.29) is 11.3 Å². The Labute approximate surface area is 125 Å². The van der Waals surface area contributed by atoms with Gasteiger partial charge in [0.05, 0.1) is 10.6 Å². The van der Waals surface area contributed by atoms with Crippen LogP contribution in [0.3, 0.4) is 0 Å². The number of hydrogen-bond acceptors (Lipinski definition) is 3. The summed E-state index contributed by atoms with van der Waals surface area (Å²) < 4.78 is 0. The topological polar surface area (TPSA) is 36.4 Å². The number of aromatic nitrogens is 1. The van der Waals surface area contributed by atoms with Crippen molar-refractivity contribution >= 4 is 23.3 Å². The van der Waals surface area contributed by atoms with Crippen molar-refractivity contribution in [3.8, 4) is 0 Å². The molecule has 1 amide bonds. The molecule has 110 valence electrons. The van der Waals surface area contributed by atoms with E-state index in [9.17, 15) is 4.79 Å². The van der Waals surface area contributed by atoms with Crippen molar-refractivity contribution in [2.24, 2.45) is 5.41 Å². The summed E-state index contributed by atoms with van der Waals surface area (Å²) in [5.74, 6) is 0.695. The first-order valence-electron chi connectivity index (χ1n) is 6.85. The second-order valence-electron chi connectivity index (χ2n) is 6.57. The highest BCUT2D eigenvalue weighted by atomic mass is 35.5. The predicted molar refractivity (Wildman–Crippen MR) is 82.5 cm³/mol. The number of hydrogen-bond donors (Lipinski definition) is 0. The predicted octanol–water partition coefficient (Wildman–Crippen LogP) is 3.06. The molecule has 0 radical (unpaired) electrons. The van der Waals surface area contributed by atoms with Crippen LogP contribution in [-0.4, -0.2) is 42.5 Å². The van der Waals surface area contributed by atoms with Crippen LogP contribution in [0.1, 0.15) is 37.6 Å². The van der Waals surface area contributed by atoms with E-state index in [4.69, 9.17) is 11.6 Å². The Balaban J connectivity index is 2.29. The van der Waals surface area contributed by atoms with E-state index in [1.54, 1.807) is 26.4 Å². The summed E-state index contributed by atoms with van der Waals surface area (Å²) >= 11 is 6.34. The van der Waals surface area contributed by atoms with Crippen LogP contribution in [-0.2, 0) is 0 Å². The highest BCUT2D eigenvalue weighted by Gasteiger charge is 2.36. The number of amides is 1. The molecule has 1 aliphatic rings. The molecule has 20 heavy (non-hydrogen) atoms. The molecular formula is C15H22ClN3O. The van der Waals surface area contributed by atoms with Crippen LogP contribution in [0.25, 0.3) is 0 Å². The van der Waals surface area contributed by atoms with Gasteiger partial charge in [-0.1, -0.05) is 25.4 Å². The molecule has 0 spiro atoms. The van der Waals surface area contributed by atoms with Crippen molar-refractivity contribution in [1.29, 1.82) is 0 Å². The van der Waals surface area contributed by atoms with Gasteiger partial charge in [-0.05, 0) is 24.8 Å². The molecule has 0 aliphatic carbocycles. The van der Waals surface area contributed by atoms with Gasteiger partial charge in [0.2, 0.25) is 0 Å². The van der Waals surface area contributed by atoms with Crippen LogP contribution in [0.2, 0.25) is 5.02 Å². The fourth-order valence-electron chi connectivity index (χ4n) is 2.89. The molecule has 1 aromatic heterocycles. The van der Waals surface area contributed by atoms with Gasteiger partial charge in [-0.2, -0.15) is 0 Å². The van der Waals surface area contributed by atoms with Gasteiger partial charge < -0.3 is 9.80 Å². The fourth-order valence-corrected chi connectivity index (χ4v) is 3.17. The molecule has 1 aliphatic heterocycles. The summed E-state index contributed by atoms with van der Waals surface area (Å²) in [5, 5.41) is 0.544. The maximum absolute atomic E-state index is 11.9. The minimum atomic E-state index is -0.0826. The number of halogens is 1. The summed E-state index contributed by atoms with van der Waals surface area (Å²) in [6.07, 6.45) is 2.73. The third-order valence-electron chi connectivity index (χ3n) is 3.73. The SMILES string of the molecule is CC1CC(C)(C)CN1c1ncc(C(=O)N(C)C)cc1Cl. The van der Waals surface area contributed by atoms with Crippen LogP contribution in [0, 0.1) is 5.41 Å². The minimum Gasteiger partial charge on any atom is -0.352 e. The van der Waals surface area contributed by atoms with Gasteiger partial charge in [0.15, 0.2) is 0 Å². The molecule has 1 saturated heterocycles. The first-order valence-corrected chi connectivity index (χ1v) is 7.23. The first-order chi connectivity index (χ1) is 9.21. The summed E-state index contributed by atoms with van der Waals surface area (Å²) in [6.45, 7) is 7.62. The first kappa shape index (κ1) is 15.1. The Morgan fingerprint density at radius 3 is 2.60 bits per heavy atom. The Bertz CT molecular complexity index is 528. The largest absolute Gasteiger partial charge is 0.352 e. The third-order valence-corrected chi connectivity index (χ3v) is 4.00. The summed E-state index contributed by atoms with van der Waals surface area (Å²) in [6, 6.07) is 2.12. The lowest BCUT2D eigenvalue weighted by molar-refractivity contribution is 0.0827. The van der Waals surface area contributed by atoms with Crippen LogP contribution in [0.4, 0.5) is 5.82 Å². The Kier molecular flexibility index (Phi) is 3.96. The van der Waals surface area contributed by atoms with Crippen LogP contribution < -0.4 is 4.90 Å². The van der Waals surface area contributed by atoms with E-state index in [0.29, 0.717) is 16.6 Å². The smallest absolute Gasteiger partial charge is 0.254 e. The highest BCUT2D eigenvalue weighted by Crippen LogP contribution is 2.38. The Hall–Kier alpha value is -1.29. The van der Waals surface area contributed by atoms with Crippen molar-refractivity contribution in [3.05, 3.63) is 22.8 Å². The normalized spacial score (nSPS) is 21.1. The molecular weight excluding hydrogens is 274 g/mol. The van der Waals surface area contributed by atoms with Gasteiger partial charge in [0, 0.05) is 32.9 Å². The molecule has 2 rings (SSSR count). The fraction of sp³-hybridized carbons (Fsp3) is 0.600. The van der Waals surface area contributed by atoms with Gasteiger partial charge in [-0.3, -0.25) is 4.79 Å². The number of rotatable bonds is 2. The van der Waals surface area contributed by atoms with Crippen molar-refractivity contribution in [2.75, 3.05) is 25.5 Å². The van der Waals surface area contributed by atoms with Gasteiger partial charge in [-0.15, -0.1) is 0 Å². The lowest BCUT2D eigenvalue weighted by Crippen LogP contribution is -2.29. The monoisotopic (exact) mass is 295 g/mol. The molecule has 2 heterocycles. The molecule has 0 aromatic carbocycles. The van der Waals surface area contributed by atoms with Crippen LogP contribution in [0.5, 0.6) is 0 Å². The molecule has 5 heteroatoms. The van der Waals surface area contributed by atoms with Crippen molar-refractivity contribution in [1.82, 2.24) is 9.88 Å². The van der Waals surface area contributed by atoms with Gasteiger partial charge in [0.1, 0.15) is 5.82 Å².